The average Bonchev–Trinajstić information content (AvgIpc) is 2.81. The molecule has 3 amide bonds. The fraction of sp³-hybridized carbons (Fsp3) is 0.750. The first kappa shape index (κ1) is 21.1. The van der Waals surface area contributed by atoms with Gasteiger partial charge in [-0.25, -0.2) is 9.59 Å². The highest BCUT2D eigenvalue weighted by molar-refractivity contribution is 6.76. The molecule has 142 valence electrons. The fourth-order valence-corrected chi connectivity index (χ4v) is 2.78. The maximum Gasteiger partial charge on any atom is 0.407 e. The second-order valence-electron chi connectivity index (χ2n) is 7.23. The molecule has 1 aliphatic heterocycles. The molecule has 0 radical (unpaired) electrons. The van der Waals surface area contributed by atoms with Crippen LogP contribution in [0.25, 0.3) is 0 Å². The van der Waals surface area contributed by atoms with Crippen LogP contribution in [0.15, 0.2) is 0 Å². The summed E-state index contributed by atoms with van der Waals surface area (Å²) in [6, 6.07) is 0.935. The van der Waals surface area contributed by atoms with E-state index in [0.29, 0.717) is 37.5 Å². The zero-order chi connectivity index (χ0) is 18.9. The minimum absolute atomic E-state index is 0.0891. The van der Waals surface area contributed by atoms with Crippen molar-refractivity contribution < 1.29 is 28.8 Å². The molecule has 9 heteroatoms. The van der Waals surface area contributed by atoms with Crippen LogP contribution in [-0.2, 0) is 24.0 Å². The van der Waals surface area contributed by atoms with Crippen LogP contribution in [0, 0.1) is 0 Å². The summed E-state index contributed by atoms with van der Waals surface area (Å²) in [5.41, 5.74) is 0. The molecule has 0 saturated carbocycles. The minimum Gasteiger partial charge on any atom is -0.450 e. The Morgan fingerprint density at radius 2 is 1.72 bits per heavy atom. The lowest BCUT2D eigenvalue weighted by Crippen LogP contribution is -2.32. The standard InChI is InChI=1S/C16H28N2O6Si/c1-25(2,3)12-11-23-16(22)17-10-6-4-5-7-15(21)24-18-13(19)8-9-14(18)20/h4-12H2,1-3H3,(H,17,22). The zero-order valence-electron chi connectivity index (χ0n) is 15.3. The highest BCUT2D eigenvalue weighted by Crippen LogP contribution is 2.13. The normalized spacial score (nSPS) is 14.6. The molecule has 25 heavy (non-hydrogen) atoms. The van der Waals surface area contributed by atoms with Crippen LogP contribution in [0.5, 0.6) is 0 Å². The molecule has 1 rings (SSSR count). The Labute approximate surface area is 149 Å². The van der Waals surface area contributed by atoms with E-state index in [-0.39, 0.29) is 19.3 Å². The fourth-order valence-electron chi connectivity index (χ4n) is 2.07. The molecule has 0 aromatic heterocycles. The van der Waals surface area contributed by atoms with Gasteiger partial charge in [-0.2, -0.15) is 0 Å². The summed E-state index contributed by atoms with van der Waals surface area (Å²) in [6.45, 7) is 7.57. The van der Waals surface area contributed by atoms with Gasteiger partial charge in [0.2, 0.25) is 0 Å². The van der Waals surface area contributed by atoms with E-state index in [1.165, 1.54) is 0 Å². The molecule has 8 nitrogen and oxygen atoms in total. The van der Waals surface area contributed by atoms with Gasteiger partial charge in [-0.05, 0) is 18.9 Å². The van der Waals surface area contributed by atoms with Gasteiger partial charge in [0.25, 0.3) is 11.8 Å². The van der Waals surface area contributed by atoms with E-state index in [4.69, 9.17) is 9.57 Å². The lowest BCUT2D eigenvalue weighted by molar-refractivity contribution is -0.197. The molecule has 1 heterocycles. The number of hydrogen-bond acceptors (Lipinski definition) is 6. The Balaban J connectivity index is 2.01. The van der Waals surface area contributed by atoms with Gasteiger partial charge in [0.1, 0.15) is 0 Å². The number of imide groups is 1. The number of carbonyl (C=O) groups excluding carboxylic acids is 4. The van der Waals surface area contributed by atoms with Gasteiger partial charge < -0.3 is 14.9 Å². The molecule has 0 bridgehead atoms. The van der Waals surface area contributed by atoms with Crippen LogP contribution >= 0.6 is 0 Å². The van der Waals surface area contributed by atoms with Crippen LogP contribution in [0.2, 0.25) is 25.7 Å². The molecule has 0 atom stereocenters. The van der Waals surface area contributed by atoms with Crippen molar-refractivity contribution in [3.8, 4) is 0 Å². The Kier molecular flexibility index (Phi) is 8.60. The first-order valence-electron chi connectivity index (χ1n) is 8.66. The van der Waals surface area contributed by atoms with Crippen LogP contribution in [0.1, 0.15) is 38.5 Å². The Morgan fingerprint density at radius 1 is 1.08 bits per heavy atom. The third-order valence-corrected chi connectivity index (χ3v) is 5.32. The molecule has 0 aromatic rings. The van der Waals surface area contributed by atoms with E-state index < -0.39 is 32.0 Å². The maximum absolute atomic E-state index is 11.6. The van der Waals surface area contributed by atoms with E-state index in [0.717, 1.165) is 6.04 Å². The summed E-state index contributed by atoms with van der Waals surface area (Å²) >= 11 is 0. The second-order valence-corrected chi connectivity index (χ2v) is 12.9. The highest BCUT2D eigenvalue weighted by atomic mass is 28.3. The quantitative estimate of drug-likeness (QED) is 0.358. The van der Waals surface area contributed by atoms with Crippen molar-refractivity contribution in [1.29, 1.82) is 0 Å². The van der Waals surface area contributed by atoms with Crippen LogP contribution in [-0.4, -0.2) is 50.2 Å². The van der Waals surface area contributed by atoms with Gasteiger partial charge >= 0.3 is 12.1 Å². The summed E-state index contributed by atoms with van der Waals surface area (Å²) in [4.78, 5) is 50.4. The number of unbranched alkanes of at least 4 members (excludes halogenated alkanes) is 2. The van der Waals surface area contributed by atoms with Gasteiger partial charge in [0.05, 0.1) is 6.61 Å². The molecule has 1 saturated heterocycles. The van der Waals surface area contributed by atoms with Crippen molar-refractivity contribution in [2.45, 2.75) is 64.2 Å². The van der Waals surface area contributed by atoms with E-state index in [1.54, 1.807) is 0 Å². The SMILES string of the molecule is C[Si](C)(C)CCOC(=O)NCCCCCC(=O)ON1C(=O)CCC1=O. The molecule has 1 aliphatic rings. The van der Waals surface area contributed by atoms with Crippen LogP contribution < -0.4 is 5.32 Å². The van der Waals surface area contributed by atoms with Gasteiger partial charge in [-0.3, -0.25) is 9.59 Å². The number of rotatable bonds is 10. The number of nitrogens with zero attached hydrogens (tertiary/aromatic N) is 1. The Morgan fingerprint density at radius 3 is 2.32 bits per heavy atom. The van der Waals surface area contributed by atoms with Gasteiger partial charge in [0.15, 0.2) is 0 Å². The number of nitrogens with one attached hydrogen (secondary N) is 1. The Hall–Kier alpha value is -1.90. The molecular formula is C16H28N2O6Si. The largest absolute Gasteiger partial charge is 0.450 e. The number of amides is 3. The summed E-state index contributed by atoms with van der Waals surface area (Å²) < 4.78 is 5.10. The monoisotopic (exact) mass is 372 g/mol. The van der Waals surface area contributed by atoms with Crippen LogP contribution in [0.4, 0.5) is 4.79 Å². The number of alkyl carbamates (subject to hydrolysis) is 1. The molecule has 0 aliphatic carbocycles. The summed E-state index contributed by atoms with van der Waals surface area (Å²) in [5, 5.41) is 3.22. The Bertz CT molecular complexity index is 487. The first-order chi connectivity index (χ1) is 11.7. The number of hydrogen-bond donors (Lipinski definition) is 1. The number of carbonyl (C=O) groups is 4. The highest BCUT2D eigenvalue weighted by Gasteiger charge is 2.32. The van der Waals surface area contributed by atoms with E-state index in [2.05, 4.69) is 25.0 Å². The van der Waals surface area contributed by atoms with Crippen molar-refractivity contribution in [1.82, 2.24) is 10.4 Å². The van der Waals surface area contributed by atoms with E-state index >= 15 is 0 Å². The average molecular weight is 372 g/mol. The molecule has 0 aromatic carbocycles. The van der Waals surface area contributed by atoms with Gasteiger partial charge in [0, 0.05) is 33.9 Å². The minimum atomic E-state index is -1.20. The van der Waals surface area contributed by atoms with Gasteiger partial charge in [-0.15, -0.1) is 5.06 Å². The van der Waals surface area contributed by atoms with Gasteiger partial charge in [-0.1, -0.05) is 26.1 Å². The summed E-state index contributed by atoms with van der Waals surface area (Å²) in [7, 11) is -1.20. The third-order valence-electron chi connectivity index (χ3n) is 3.61. The smallest absolute Gasteiger partial charge is 0.407 e. The maximum atomic E-state index is 11.6. The topological polar surface area (TPSA) is 102 Å². The second kappa shape index (κ2) is 10.2. The molecule has 0 spiro atoms. The molecule has 1 N–H and O–H groups in total. The number of hydroxylamine groups is 2. The van der Waals surface area contributed by atoms with E-state index in [1.807, 2.05) is 0 Å². The summed E-state index contributed by atoms with van der Waals surface area (Å²) in [6.07, 6.45) is 1.87. The van der Waals surface area contributed by atoms with Crippen molar-refractivity contribution in [3.05, 3.63) is 0 Å². The van der Waals surface area contributed by atoms with Crippen LogP contribution in [0.3, 0.4) is 0 Å². The summed E-state index contributed by atoms with van der Waals surface area (Å²) in [5.74, 6) is -1.55. The predicted octanol–water partition coefficient (Wildman–Crippen LogP) is 2.22. The first-order valence-corrected chi connectivity index (χ1v) is 12.4. The zero-order valence-corrected chi connectivity index (χ0v) is 16.3. The van der Waals surface area contributed by atoms with Crippen molar-refractivity contribution >= 4 is 32.0 Å². The number of ether oxygens (including phenoxy) is 1. The van der Waals surface area contributed by atoms with E-state index in [9.17, 15) is 19.2 Å². The van der Waals surface area contributed by atoms with Crippen molar-refractivity contribution in [2.75, 3.05) is 13.2 Å². The lowest BCUT2D eigenvalue weighted by Gasteiger charge is -2.15. The lowest BCUT2D eigenvalue weighted by atomic mass is 10.2. The third kappa shape index (κ3) is 9.23. The molecule has 0 unspecified atom stereocenters. The molecular weight excluding hydrogens is 344 g/mol. The van der Waals surface area contributed by atoms with Crippen molar-refractivity contribution in [2.24, 2.45) is 0 Å². The van der Waals surface area contributed by atoms with Crippen molar-refractivity contribution in [3.63, 3.8) is 0 Å². The predicted molar refractivity (Wildman–Crippen MR) is 93.2 cm³/mol. The molecule has 1 fully saturated rings.